The second-order valence-corrected chi connectivity index (χ2v) is 3.98. The van der Waals surface area contributed by atoms with E-state index in [1.807, 2.05) is 6.07 Å². The topological polar surface area (TPSA) is 82.4 Å². The average Bonchev–Trinajstić information content (AvgIpc) is 2.47. The van der Waals surface area contributed by atoms with Gasteiger partial charge in [0, 0.05) is 11.8 Å². The predicted molar refractivity (Wildman–Crippen MR) is 70.3 cm³/mol. The van der Waals surface area contributed by atoms with Crippen LogP contribution in [0.25, 0.3) is 22.2 Å². The number of fused-ring (bicyclic) bond motifs is 1. The van der Waals surface area contributed by atoms with Gasteiger partial charge in [0.2, 0.25) is 0 Å². The lowest BCUT2D eigenvalue weighted by Crippen LogP contribution is -2.08. The Bertz CT molecular complexity index is 847. The van der Waals surface area contributed by atoms with Crippen LogP contribution in [-0.2, 0) is 0 Å². The zero-order chi connectivity index (χ0) is 13.2. The third kappa shape index (κ3) is 1.85. The molecule has 0 saturated heterocycles. The number of H-pyrrole nitrogens is 1. The van der Waals surface area contributed by atoms with Crippen LogP contribution in [0.5, 0.6) is 0 Å². The van der Waals surface area contributed by atoms with E-state index < -0.39 is 0 Å². The van der Waals surface area contributed by atoms with Crippen LogP contribution in [0.2, 0.25) is 0 Å². The van der Waals surface area contributed by atoms with Crippen LogP contribution in [-0.4, -0.2) is 15.0 Å². The lowest BCUT2D eigenvalue weighted by atomic mass is 10.0. The molecule has 3 aromatic rings. The van der Waals surface area contributed by atoms with E-state index in [1.165, 1.54) is 6.33 Å². The Balaban J connectivity index is 2.47. The van der Waals surface area contributed by atoms with E-state index in [-0.39, 0.29) is 5.56 Å². The third-order valence-corrected chi connectivity index (χ3v) is 2.81. The fraction of sp³-hybridized carbons (Fsp3) is 0. The van der Waals surface area contributed by atoms with Gasteiger partial charge in [0.1, 0.15) is 0 Å². The van der Waals surface area contributed by atoms with Crippen molar-refractivity contribution in [3.8, 4) is 17.3 Å². The van der Waals surface area contributed by atoms with Gasteiger partial charge in [0.25, 0.3) is 5.56 Å². The molecule has 5 heteroatoms. The molecule has 90 valence electrons. The van der Waals surface area contributed by atoms with Gasteiger partial charge in [-0.15, -0.1) is 0 Å². The molecule has 2 heterocycles. The summed E-state index contributed by atoms with van der Waals surface area (Å²) in [4.78, 5) is 22.8. The first-order valence-corrected chi connectivity index (χ1v) is 5.62. The van der Waals surface area contributed by atoms with Gasteiger partial charge in [-0.05, 0) is 24.3 Å². The molecule has 0 bridgehead atoms. The Morgan fingerprint density at radius 2 is 2.11 bits per heavy atom. The Morgan fingerprint density at radius 3 is 2.84 bits per heavy atom. The highest BCUT2D eigenvalue weighted by Gasteiger charge is 2.11. The number of nitrogens with zero attached hydrogens (tertiary/aromatic N) is 3. The third-order valence-electron chi connectivity index (χ3n) is 2.81. The molecule has 2 aromatic heterocycles. The number of hydrogen-bond acceptors (Lipinski definition) is 4. The number of pyridine rings is 1. The summed E-state index contributed by atoms with van der Waals surface area (Å²) in [5, 5.41) is 9.50. The number of rotatable bonds is 1. The average molecular weight is 248 g/mol. The van der Waals surface area contributed by atoms with Gasteiger partial charge in [-0.3, -0.25) is 9.78 Å². The maximum Gasteiger partial charge on any atom is 0.259 e. The van der Waals surface area contributed by atoms with Gasteiger partial charge < -0.3 is 4.98 Å². The fourth-order valence-electron chi connectivity index (χ4n) is 1.99. The van der Waals surface area contributed by atoms with Crippen LogP contribution in [0, 0.1) is 11.3 Å². The van der Waals surface area contributed by atoms with Crippen LogP contribution in [0.15, 0.2) is 47.7 Å². The van der Waals surface area contributed by atoms with Crippen LogP contribution < -0.4 is 5.56 Å². The quantitative estimate of drug-likeness (QED) is 0.712. The second-order valence-electron chi connectivity index (χ2n) is 3.98. The Hall–Kier alpha value is -3.00. The van der Waals surface area contributed by atoms with Crippen molar-refractivity contribution < 1.29 is 0 Å². The van der Waals surface area contributed by atoms with Crippen molar-refractivity contribution in [2.75, 3.05) is 0 Å². The molecule has 0 atom stereocenters. The molecule has 0 aliphatic heterocycles. The molecule has 0 aliphatic rings. The zero-order valence-electron chi connectivity index (χ0n) is 9.79. The molecule has 19 heavy (non-hydrogen) atoms. The molecule has 5 nitrogen and oxygen atoms in total. The summed E-state index contributed by atoms with van der Waals surface area (Å²) in [6.07, 6.45) is 2.97. The van der Waals surface area contributed by atoms with Crippen molar-refractivity contribution in [3.63, 3.8) is 0 Å². The van der Waals surface area contributed by atoms with E-state index in [0.29, 0.717) is 27.7 Å². The Morgan fingerprint density at radius 1 is 1.21 bits per heavy atom. The summed E-state index contributed by atoms with van der Waals surface area (Å²) in [6, 6.07) is 10.7. The summed E-state index contributed by atoms with van der Waals surface area (Å²) in [5.74, 6) is 0. The largest absolute Gasteiger partial charge is 0.313 e. The Labute approximate surface area is 108 Å². The molecular formula is C14H8N4O. The van der Waals surface area contributed by atoms with Gasteiger partial charge in [0.15, 0.2) is 0 Å². The second kappa shape index (κ2) is 4.35. The number of benzene rings is 1. The van der Waals surface area contributed by atoms with Crippen molar-refractivity contribution in [2.24, 2.45) is 0 Å². The minimum atomic E-state index is -0.241. The molecule has 1 aromatic carbocycles. The van der Waals surface area contributed by atoms with Gasteiger partial charge in [0.05, 0.1) is 34.6 Å². The zero-order valence-corrected chi connectivity index (χ0v) is 9.79. The number of aromatic nitrogens is 3. The van der Waals surface area contributed by atoms with Crippen molar-refractivity contribution in [3.05, 3.63) is 58.8 Å². The highest BCUT2D eigenvalue weighted by Crippen LogP contribution is 2.24. The van der Waals surface area contributed by atoms with E-state index in [0.717, 1.165) is 0 Å². The van der Waals surface area contributed by atoms with Crippen LogP contribution in [0.1, 0.15) is 5.56 Å². The molecule has 0 fully saturated rings. The summed E-state index contributed by atoms with van der Waals surface area (Å²) >= 11 is 0. The predicted octanol–water partition coefficient (Wildman–Crippen LogP) is 1.86. The molecule has 0 radical (unpaired) electrons. The molecule has 3 rings (SSSR count). The standard InChI is InChI=1S/C14H8N4O/c15-7-9-5-10(11-3-1-2-4-16-11)13-12(6-9)17-8-18-14(13)19/h1-6,8H,(H,17,18,19). The molecule has 0 spiro atoms. The fourth-order valence-corrected chi connectivity index (χ4v) is 1.99. The normalized spacial score (nSPS) is 10.3. The van der Waals surface area contributed by atoms with E-state index in [4.69, 9.17) is 5.26 Å². The maximum absolute atomic E-state index is 12.0. The molecule has 0 saturated carbocycles. The summed E-state index contributed by atoms with van der Waals surface area (Å²) in [7, 11) is 0. The number of hydrogen-bond donors (Lipinski definition) is 1. The number of aromatic amines is 1. The number of nitrogens with one attached hydrogen (secondary N) is 1. The lowest BCUT2D eigenvalue weighted by molar-refractivity contribution is 1.17. The summed E-state index contributed by atoms with van der Waals surface area (Å²) in [6.45, 7) is 0. The highest BCUT2D eigenvalue weighted by molar-refractivity contribution is 5.94. The van der Waals surface area contributed by atoms with E-state index >= 15 is 0 Å². The first kappa shape index (κ1) is 11.1. The van der Waals surface area contributed by atoms with Gasteiger partial charge in [-0.1, -0.05) is 6.07 Å². The SMILES string of the molecule is N#Cc1cc(-c2ccccn2)c2c(=O)[nH]cnc2c1. The van der Waals surface area contributed by atoms with Crippen LogP contribution >= 0.6 is 0 Å². The van der Waals surface area contributed by atoms with Gasteiger partial charge in [-0.25, -0.2) is 4.98 Å². The highest BCUT2D eigenvalue weighted by atomic mass is 16.1. The van der Waals surface area contributed by atoms with Crippen molar-refractivity contribution in [1.29, 1.82) is 5.26 Å². The van der Waals surface area contributed by atoms with E-state index in [1.54, 1.807) is 30.5 Å². The van der Waals surface area contributed by atoms with Gasteiger partial charge >= 0.3 is 0 Å². The maximum atomic E-state index is 12.0. The number of nitriles is 1. The Kier molecular flexibility index (Phi) is 2.54. The summed E-state index contributed by atoms with van der Waals surface area (Å²) in [5.41, 5.74) is 1.96. The molecular weight excluding hydrogens is 240 g/mol. The van der Waals surface area contributed by atoms with Crippen LogP contribution in [0.4, 0.5) is 0 Å². The van der Waals surface area contributed by atoms with Gasteiger partial charge in [-0.2, -0.15) is 5.26 Å². The molecule has 1 N–H and O–H groups in total. The first-order chi connectivity index (χ1) is 9.29. The van der Waals surface area contributed by atoms with E-state index in [9.17, 15) is 4.79 Å². The minimum Gasteiger partial charge on any atom is -0.313 e. The molecule has 0 unspecified atom stereocenters. The first-order valence-electron chi connectivity index (χ1n) is 5.62. The van der Waals surface area contributed by atoms with Crippen molar-refractivity contribution in [2.45, 2.75) is 0 Å². The smallest absolute Gasteiger partial charge is 0.259 e. The summed E-state index contributed by atoms with van der Waals surface area (Å²) < 4.78 is 0. The van der Waals surface area contributed by atoms with Crippen LogP contribution in [0.3, 0.4) is 0 Å². The monoisotopic (exact) mass is 248 g/mol. The van der Waals surface area contributed by atoms with Crippen molar-refractivity contribution >= 4 is 10.9 Å². The molecule has 0 aliphatic carbocycles. The van der Waals surface area contributed by atoms with E-state index in [2.05, 4.69) is 21.0 Å². The van der Waals surface area contributed by atoms with Crippen molar-refractivity contribution in [1.82, 2.24) is 15.0 Å². The molecule has 0 amide bonds. The lowest BCUT2D eigenvalue weighted by Gasteiger charge is -2.05. The minimum absolute atomic E-state index is 0.241.